The van der Waals surface area contributed by atoms with E-state index in [-0.39, 0.29) is 6.54 Å². The minimum atomic E-state index is -4.67. The van der Waals surface area contributed by atoms with E-state index in [9.17, 15) is 18.0 Å². The summed E-state index contributed by atoms with van der Waals surface area (Å²) in [5, 5.41) is 0.843. The number of likely N-dealkylation sites (N-methyl/N-ethyl adjacent to an activating group) is 1. The Hall–Kier alpha value is -1.20. The van der Waals surface area contributed by atoms with Gasteiger partial charge in [0.15, 0.2) is 0 Å². The first-order valence-electron chi connectivity index (χ1n) is 3.07. The summed E-state index contributed by atoms with van der Waals surface area (Å²) in [6, 6.07) is -1.19. The van der Waals surface area contributed by atoms with Crippen LogP contribution in [0.4, 0.5) is 18.0 Å². The van der Waals surface area contributed by atoms with Gasteiger partial charge >= 0.3 is 12.3 Å². The maximum absolute atomic E-state index is 11.5. The second kappa shape index (κ2) is 3.99. The van der Waals surface area contributed by atoms with E-state index in [4.69, 9.17) is 0 Å². The molecule has 12 heavy (non-hydrogen) atoms. The van der Waals surface area contributed by atoms with Crippen molar-refractivity contribution in [3.63, 3.8) is 0 Å². The average Bonchev–Trinajstić information content (AvgIpc) is 1.84. The van der Waals surface area contributed by atoms with E-state index in [1.807, 2.05) is 0 Å². The van der Waals surface area contributed by atoms with Crippen molar-refractivity contribution < 1.29 is 18.0 Å². The van der Waals surface area contributed by atoms with Crippen molar-refractivity contribution in [1.29, 1.82) is 0 Å². The van der Waals surface area contributed by atoms with Gasteiger partial charge in [-0.2, -0.15) is 13.2 Å². The Kier molecular flexibility index (Phi) is 3.59. The summed E-state index contributed by atoms with van der Waals surface area (Å²) in [5.41, 5.74) is 0. The van der Waals surface area contributed by atoms with Crippen molar-refractivity contribution >= 4 is 6.03 Å². The van der Waals surface area contributed by atoms with Gasteiger partial charge in [0.2, 0.25) is 0 Å². The summed E-state index contributed by atoms with van der Waals surface area (Å²) in [6.45, 7) is 3.35. The number of rotatable bonds is 2. The highest BCUT2D eigenvalue weighted by Gasteiger charge is 2.30. The zero-order valence-corrected chi connectivity index (χ0v) is 6.48. The van der Waals surface area contributed by atoms with Crippen LogP contribution in [-0.2, 0) is 0 Å². The predicted octanol–water partition coefficient (Wildman–Crippen LogP) is 1.33. The van der Waals surface area contributed by atoms with Gasteiger partial charge in [0.05, 0.1) is 0 Å². The molecule has 0 bridgehead atoms. The Morgan fingerprint density at radius 3 is 2.50 bits per heavy atom. The van der Waals surface area contributed by atoms with Crippen molar-refractivity contribution in [2.24, 2.45) is 0 Å². The molecule has 0 spiro atoms. The van der Waals surface area contributed by atoms with Crippen LogP contribution in [0.3, 0.4) is 0 Å². The molecule has 0 radical (unpaired) electrons. The molecule has 0 aliphatic heterocycles. The van der Waals surface area contributed by atoms with Crippen LogP contribution in [-0.4, -0.2) is 30.8 Å². The summed E-state index contributed by atoms with van der Waals surface area (Å²) in [7, 11) is 1.24. The first kappa shape index (κ1) is 10.8. The number of urea groups is 1. The van der Waals surface area contributed by atoms with Crippen LogP contribution in [0.5, 0.6) is 0 Å². The van der Waals surface area contributed by atoms with Gasteiger partial charge in [-0.25, -0.2) is 10.1 Å². The van der Waals surface area contributed by atoms with Crippen LogP contribution in [0.25, 0.3) is 0 Å². The smallest absolute Gasteiger partial charge is 0.324 e. The van der Waals surface area contributed by atoms with E-state index < -0.39 is 12.3 Å². The second-order valence-electron chi connectivity index (χ2n) is 2.10. The second-order valence-corrected chi connectivity index (χ2v) is 2.10. The number of nitrogens with zero attached hydrogens (tertiary/aromatic N) is 1. The number of halogens is 3. The summed E-state index contributed by atoms with van der Waals surface area (Å²) in [6.07, 6.45) is -3.34. The van der Waals surface area contributed by atoms with Gasteiger partial charge < -0.3 is 4.90 Å². The minimum absolute atomic E-state index is 0.0713. The van der Waals surface area contributed by atoms with Gasteiger partial charge in [-0.3, -0.25) is 0 Å². The fourth-order valence-corrected chi connectivity index (χ4v) is 0.493. The molecule has 0 saturated carbocycles. The predicted molar refractivity (Wildman–Crippen MR) is 37.4 cm³/mol. The average molecular weight is 182 g/mol. The normalized spacial score (nSPS) is 10.7. The largest absolute Gasteiger partial charge is 0.485 e. The molecular formula is C6H9F3N2O. The van der Waals surface area contributed by atoms with Crippen molar-refractivity contribution in [2.45, 2.75) is 6.30 Å². The SMILES string of the molecule is C=CCN(C)C(=O)NC(F)(F)F. The molecule has 0 rings (SSSR count). The monoisotopic (exact) mass is 182 g/mol. The molecule has 0 heterocycles. The number of alkyl halides is 3. The number of carbonyl (C=O) groups excluding carboxylic acids is 1. The molecule has 6 heteroatoms. The lowest BCUT2D eigenvalue weighted by Crippen LogP contribution is -2.44. The Morgan fingerprint density at radius 2 is 2.17 bits per heavy atom. The highest BCUT2D eigenvalue weighted by atomic mass is 19.4. The summed E-state index contributed by atoms with van der Waals surface area (Å²) in [5.74, 6) is 0. The molecule has 1 N–H and O–H groups in total. The van der Waals surface area contributed by atoms with E-state index in [1.165, 1.54) is 13.1 Å². The molecule has 0 aromatic carbocycles. The Bertz CT molecular complexity index is 178. The highest BCUT2D eigenvalue weighted by molar-refractivity contribution is 5.74. The number of nitrogens with one attached hydrogen (secondary N) is 1. The standard InChI is InChI=1S/C6H9F3N2O/c1-3-4-11(2)5(12)10-6(7,8)9/h3H,1,4H2,2H3,(H,10,12). The molecule has 3 nitrogen and oxygen atoms in total. The van der Waals surface area contributed by atoms with Crippen molar-refractivity contribution in [3.8, 4) is 0 Å². The van der Waals surface area contributed by atoms with Gasteiger partial charge in [-0.15, -0.1) is 6.58 Å². The number of hydrogen-bond donors (Lipinski definition) is 1. The molecule has 0 aliphatic rings. The molecule has 0 unspecified atom stereocenters. The van der Waals surface area contributed by atoms with E-state index >= 15 is 0 Å². The van der Waals surface area contributed by atoms with E-state index in [0.29, 0.717) is 0 Å². The summed E-state index contributed by atoms with van der Waals surface area (Å²) < 4.78 is 34.6. The van der Waals surface area contributed by atoms with Crippen molar-refractivity contribution in [2.75, 3.05) is 13.6 Å². The lowest BCUT2D eigenvalue weighted by Gasteiger charge is -2.16. The Morgan fingerprint density at radius 1 is 1.67 bits per heavy atom. The van der Waals surface area contributed by atoms with Crippen LogP contribution in [0, 0.1) is 0 Å². The van der Waals surface area contributed by atoms with E-state index in [1.54, 1.807) is 0 Å². The van der Waals surface area contributed by atoms with Crippen LogP contribution in [0.2, 0.25) is 0 Å². The van der Waals surface area contributed by atoms with E-state index in [2.05, 4.69) is 6.58 Å². The fourth-order valence-electron chi connectivity index (χ4n) is 0.493. The molecule has 0 fully saturated rings. The molecule has 2 amide bonds. The van der Waals surface area contributed by atoms with E-state index in [0.717, 1.165) is 10.2 Å². The van der Waals surface area contributed by atoms with Crippen LogP contribution in [0.1, 0.15) is 0 Å². The van der Waals surface area contributed by atoms with Gasteiger partial charge in [-0.1, -0.05) is 6.08 Å². The third-order valence-electron chi connectivity index (χ3n) is 0.998. The highest BCUT2D eigenvalue weighted by Crippen LogP contribution is 2.09. The first-order chi connectivity index (χ1) is 5.37. The van der Waals surface area contributed by atoms with Gasteiger partial charge in [0.25, 0.3) is 0 Å². The van der Waals surface area contributed by atoms with Crippen molar-refractivity contribution in [3.05, 3.63) is 12.7 Å². The molecule has 70 valence electrons. The summed E-state index contributed by atoms with van der Waals surface area (Å²) >= 11 is 0. The van der Waals surface area contributed by atoms with Crippen LogP contribution < -0.4 is 5.32 Å². The third-order valence-corrected chi connectivity index (χ3v) is 0.998. The molecule has 0 aliphatic carbocycles. The Balaban J connectivity index is 3.95. The molecular weight excluding hydrogens is 173 g/mol. The molecule has 0 aromatic rings. The number of hydrogen-bond acceptors (Lipinski definition) is 1. The number of amides is 2. The van der Waals surface area contributed by atoms with Gasteiger partial charge in [-0.05, 0) is 0 Å². The minimum Gasteiger partial charge on any atom is -0.324 e. The zero-order chi connectivity index (χ0) is 9.78. The van der Waals surface area contributed by atoms with Gasteiger partial charge in [0.1, 0.15) is 0 Å². The summed E-state index contributed by atoms with van der Waals surface area (Å²) in [4.78, 5) is 11.5. The van der Waals surface area contributed by atoms with Gasteiger partial charge in [0, 0.05) is 13.6 Å². The molecule has 0 aromatic heterocycles. The first-order valence-corrected chi connectivity index (χ1v) is 3.07. The quantitative estimate of drug-likeness (QED) is 0.507. The molecule has 0 saturated heterocycles. The Labute approximate surface area is 67.8 Å². The zero-order valence-electron chi connectivity index (χ0n) is 6.48. The maximum atomic E-state index is 11.5. The van der Waals surface area contributed by atoms with Crippen LogP contribution in [0.15, 0.2) is 12.7 Å². The maximum Gasteiger partial charge on any atom is 0.485 e. The topological polar surface area (TPSA) is 32.3 Å². The lowest BCUT2D eigenvalue weighted by molar-refractivity contribution is -0.147. The fraction of sp³-hybridized carbons (Fsp3) is 0.500. The number of carbonyl (C=O) groups is 1. The van der Waals surface area contributed by atoms with Crippen molar-refractivity contribution in [1.82, 2.24) is 10.2 Å². The lowest BCUT2D eigenvalue weighted by atomic mass is 10.5. The third kappa shape index (κ3) is 4.59. The van der Waals surface area contributed by atoms with Crippen LogP contribution >= 0.6 is 0 Å². The molecule has 0 atom stereocenters.